The van der Waals surface area contributed by atoms with E-state index in [0.29, 0.717) is 38.6 Å². The van der Waals surface area contributed by atoms with Crippen molar-refractivity contribution in [3.8, 4) is 0 Å². The Morgan fingerprint density at radius 2 is 0.890 bits per heavy atom. The van der Waals surface area contributed by atoms with Crippen LogP contribution < -0.4 is 64.2 Å². The van der Waals surface area contributed by atoms with Crippen LogP contribution in [0, 0.1) is 23.7 Å². The molecule has 25 nitrogen and oxygen atoms in total. The number of hydrogen-bond acceptors (Lipinski definition) is 14. The van der Waals surface area contributed by atoms with E-state index in [-0.39, 0.29) is 55.3 Å². The predicted octanol–water partition coefficient (Wildman–Crippen LogP) is 1.29. The van der Waals surface area contributed by atoms with Gasteiger partial charge in [0.25, 0.3) is 0 Å². The average Bonchev–Trinajstić information content (AvgIpc) is 3.38. The van der Waals surface area contributed by atoms with Crippen LogP contribution in [-0.2, 0) is 62.3 Å². The summed E-state index contributed by atoms with van der Waals surface area (Å²) in [5.74, 6) is -8.56. The molecule has 0 spiro atoms. The molecular weight excluding hydrogens is 1060 g/mol. The first-order valence-corrected chi connectivity index (χ1v) is 29.1. The minimum absolute atomic E-state index is 0.0468. The largest absolute Gasteiger partial charge is 0.467 e. The molecule has 0 aromatic rings. The van der Waals surface area contributed by atoms with E-state index in [0.717, 1.165) is 25.7 Å². The monoisotopic (exact) mass is 1160 g/mol. The third-order valence-corrected chi connectivity index (χ3v) is 13.4. The van der Waals surface area contributed by atoms with Crippen molar-refractivity contribution in [2.24, 2.45) is 29.4 Å². The fourth-order valence-electron chi connectivity index (χ4n) is 8.30. The van der Waals surface area contributed by atoms with Crippen LogP contribution in [0.2, 0.25) is 0 Å². The molecule has 25 heteroatoms. The number of ether oxygens (including phenoxy) is 1. The summed E-state index contributed by atoms with van der Waals surface area (Å²) >= 11 is 0. The summed E-state index contributed by atoms with van der Waals surface area (Å²) in [6.45, 7) is 23.9. The predicted molar refractivity (Wildman–Crippen MR) is 311 cm³/mol. The van der Waals surface area contributed by atoms with E-state index in [1.165, 1.54) is 34.8 Å². The molecule has 6 atom stereocenters. The van der Waals surface area contributed by atoms with Gasteiger partial charge < -0.3 is 69.0 Å². The van der Waals surface area contributed by atoms with Crippen molar-refractivity contribution in [2.75, 3.05) is 33.3 Å². The summed E-state index contributed by atoms with van der Waals surface area (Å²) in [6.07, 6.45) is 7.30. The zero-order chi connectivity index (χ0) is 63.1. The molecule has 470 valence electrons. The van der Waals surface area contributed by atoms with E-state index in [9.17, 15) is 57.5 Å². The second-order valence-corrected chi connectivity index (χ2v) is 24.1. The second kappa shape index (κ2) is 37.7. The third-order valence-electron chi connectivity index (χ3n) is 13.4. The van der Waals surface area contributed by atoms with Crippen LogP contribution >= 0.6 is 0 Å². The number of rotatable bonds is 40. The van der Waals surface area contributed by atoms with Gasteiger partial charge in [-0.1, -0.05) is 94.4 Å². The molecule has 0 aromatic heterocycles. The van der Waals surface area contributed by atoms with Gasteiger partial charge in [-0.3, -0.25) is 52.7 Å². The number of esters is 1. The Morgan fingerprint density at radius 1 is 0.439 bits per heavy atom. The molecular formula is C57H104N12O13. The van der Waals surface area contributed by atoms with Crippen LogP contribution in [0.5, 0.6) is 0 Å². The van der Waals surface area contributed by atoms with E-state index < -0.39 is 132 Å². The topological polar surface area (TPSA) is 372 Å². The summed E-state index contributed by atoms with van der Waals surface area (Å²) in [5.41, 5.74) is 1.11. The average molecular weight is 1170 g/mol. The molecule has 0 saturated carbocycles. The molecule has 0 aliphatic carbocycles. The van der Waals surface area contributed by atoms with E-state index in [2.05, 4.69) is 65.4 Å². The maximum atomic E-state index is 13.9. The Morgan fingerprint density at radius 3 is 1.38 bits per heavy atom. The lowest BCUT2D eigenvalue weighted by Gasteiger charge is -2.31. The van der Waals surface area contributed by atoms with Crippen molar-refractivity contribution in [1.29, 1.82) is 0 Å². The van der Waals surface area contributed by atoms with E-state index >= 15 is 0 Å². The lowest BCUT2D eigenvalue weighted by Crippen LogP contribution is -2.62. The molecule has 13 N–H and O–H groups in total. The standard InChI is InChI=1S/C57H104N12O13/c1-17-19-20-21-22-26-42(70)67-57(14,15)54(81)65-38(25-23-24-27-58)47(74)63-40(29-35(5)6)49(76)69-55(10,11)52(79)60-31-43(71)59-32-44(72)62-39(28-34(3)4)48(75)68-56(12,13)53(80)61-33-45(73)66-46(37(9)18-2)50(77)64-41(30-36(7)8)51(78)82-16/h34-41,46H,17-33,58H2,1-16H3,(H,59,71)(H,60,79)(H,61,80)(H,62,72)(H,63,74)(H,64,77)(H,65,81)(H,66,73)(H,67,70)(H,68,75)(H,69,76)/t37-,38-,39-,40-,41-,46-/m0/s1. The van der Waals surface area contributed by atoms with Gasteiger partial charge in [-0.15, -0.1) is 0 Å². The van der Waals surface area contributed by atoms with Gasteiger partial charge in [-0.25, -0.2) is 4.79 Å². The summed E-state index contributed by atoms with van der Waals surface area (Å²) < 4.78 is 4.85. The Balaban J connectivity index is 5.68. The van der Waals surface area contributed by atoms with Crippen LogP contribution in [0.15, 0.2) is 0 Å². The van der Waals surface area contributed by atoms with Gasteiger partial charge in [0, 0.05) is 6.42 Å². The van der Waals surface area contributed by atoms with Gasteiger partial charge in [0.2, 0.25) is 65.0 Å². The maximum absolute atomic E-state index is 13.9. The highest BCUT2D eigenvalue weighted by Gasteiger charge is 2.38. The van der Waals surface area contributed by atoms with Gasteiger partial charge in [-0.2, -0.15) is 0 Å². The number of nitrogens with two attached hydrogens (primary N) is 1. The molecule has 0 fully saturated rings. The second-order valence-electron chi connectivity index (χ2n) is 24.1. The minimum Gasteiger partial charge on any atom is -0.467 e. The number of methoxy groups -OCH3 is 1. The number of carbonyl (C=O) groups excluding carboxylic acids is 12. The van der Waals surface area contributed by atoms with Crippen molar-refractivity contribution in [3.05, 3.63) is 0 Å². The van der Waals surface area contributed by atoms with Crippen LogP contribution in [0.1, 0.15) is 187 Å². The van der Waals surface area contributed by atoms with Gasteiger partial charge in [-0.05, 0) is 117 Å². The summed E-state index contributed by atoms with van der Waals surface area (Å²) in [5, 5.41) is 28.6. The van der Waals surface area contributed by atoms with Gasteiger partial charge >= 0.3 is 5.97 Å². The maximum Gasteiger partial charge on any atom is 0.328 e. The smallest absolute Gasteiger partial charge is 0.328 e. The molecule has 0 aliphatic heterocycles. The number of carbonyl (C=O) groups is 12. The molecule has 0 unspecified atom stereocenters. The number of hydrogen-bond donors (Lipinski definition) is 12. The van der Waals surface area contributed by atoms with Crippen LogP contribution in [0.25, 0.3) is 0 Å². The first kappa shape index (κ1) is 75.6. The molecule has 0 heterocycles. The lowest BCUT2D eigenvalue weighted by atomic mass is 9.97. The van der Waals surface area contributed by atoms with E-state index in [1.807, 2.05) is 34.6 Å². The third kappa shape index (κ3) is 30.1. The van der Waals surface area contributed by atoms with Crippen molar-refractivity contribution >= 4 is 70.9 Å². The van der Waals surface area contributed by atoms with Crippen LogP contribution in [0.4, 0.5) is 0 Å². The van der Waals surface area contributed by atoms with Crippen molar-refractivity contribution in [2.45, 2.75) is 234 Å². The first-order chi connectivity index (χ1) is 38.1. The summed E-state index contributed by atoms with van der Waals surface area (Å²) in [6, 6.07) is -5.40. The van der Waals surface area contributed by atoms with Gasteiger partial charge in [0.15, 0.2) is 0 Å². The van der Waals surface area contributed by atoms with Crippen molar-refractivity contribution in [3.63, 3.8) is 0 Å². The Kier molecular flexibility index (Phi) is 34.7. The Bertz CT molecular complexity index is 2130. The number of amides is 11. The molecule has 0 rings (SSSR count). The molecule has 0 saturated heterocycles. The van der Waals surface area contributed by atoms with E-state index in [4.69, 9.17) is 10.5 Å². The molecule has 0 bridgehead atoms. The highest BCUT2D eigenvalue weighted by Crippen LogP contribution is 2.15. The number of unbranched alkanes of at least 4 members (excludes halogenated alkanes) is 5. The number of nitrogens with one attached hydrogen (secondary N) is 11. The SMILES string of the molecule is CCCCCCCC(=O)NC(C)(C)C(=O)N[C@@H](CCCCN)C(=O)N[C@@H](CC(C)C)C(=O)NC(C)(C)C(=O)NCC(=O)NCC(=O)N[C@@H](CC(C)C)C(=O)NC(C)(C)C(=O)NCC(=O)N[C@H](C(=O)N[C@@H](CC(C)C)C(=O)OC)[C@@H](C)CC. The zero-order valence-corrected chi connectivity index (χ0v) is 52.1. The minimum atomic E-state index is -1.63. The quantitative estimate of drug-likeness (QED) is 0.0304. The molecule has 11 amide bonds. The van der Waals surface area contributed by atoms with Gasteiger partial charge in [0.05, 0.1) is 26.7 Å². The highest BCUT2D eigenvalue weighted by molar-refractivity contribution is 5.99. The first-order valence-electron chi connectivity index (χ1n) is 29.1. The normalized spacial score (nSPS) is 13.9. The fourth-order valence-corrected chi connectivity index (χ4v) is 8.30. The molecule has 0 radical (unpaired) electrons. The lowest BCUT2D eigenvalue weighted by molar-refractivity contribution is -0.146. The molecule has 82 heavy (non-hydrogen) atoms. The van der Waals surface area contributed by atoms with Gasteiger partial charge in [0.1, 0.15) is 46.8 Å². The molecule has 0 aliphatic rings. The zero-order valence-electron chi connectivity index (χ0n) is 52.1. The van der Waals surface area contributed by atoms with Crippen LogP contribution in [-0.4, -0.2) is 151 Å². The Labute approximate surface area is 487 Å². The van der Waals surface area contributed by atoms with Crippen molar-refractivity contribution < 1.29 is 62.3 Å². The summed E-state index contributed by atoms with van der Waals surface area (Å²) in [4.78, 5) is 159. The van der Waals surface area contributed by atoms with E-state index in [1.54, 1.807) is 34.6 Å². The van der Waals surface area contributed by atoms with Crippen molar-refractivity contribution in [1.82, 2.24) is 58.5 Å². The molecule has 0 aromatic carbocycles. The highest BCUT2D eigenvalue weighted by atomic mass is 16.5. The summed E-state index contributed by atoms with van der Waals surface area (Å²) in [7, 11) is 1.21. The fraction of sp³-hybridized carbons (Fsp3) is 0.789. The van der Waals surface area contributed by atoms with Crippen LogP contribution in [0.3, 0.4) is 0 Å². The Hall–Kier alpha value is -6.40.